The quantitative estimate of drug-likeness (QED) is 0.928. The Balaban J connectivity index is 2.31. The maximum absolute atomic E-state index is 12.9. The zero-order chi connectivity index (χ0) is 15.6. The molecule has 1 saturated carbocycles. The molecule has 0 aromatic heterocycles. The Bertz CT molecular complexity index is 563. The summed E-state index contributed by atoms with van der Waals surface area (Å²) >= 11 is 0. The van der Waals surface area contributed by atoms with Gasteiger partial charge in [0.25, 0.3) is 0 Å². The molecule has 118 valence electrons. The van der Waals surface area contributed by atoms with Crippen molar-refractivity contribution in [2.75, 3.05) is 6.54 Å². The third kappa shape index (κ3) is 3.49. The molecule has 0 saturated heterocycles. The normalized spacial score (nSPS) is 27.0. The van der Waals surface area contributed by atoms with Crippen LogP contribution in [0.4, 0.5) is 0 Å². The molecule has 0 amide bonds. The number of benzene rings is 1. The highest BCUT2D eigenvalue weighted by atomic mass is 32.2. The van der Waals surface area contributed by atoms with E-state index in [-0.39, 0.29) is 11.2 Å². The molecule has 1 aliphatic rings. The Morgan fingerprint density at radius 1 is 1.19 bits per heavy atom. The first-order chi connectivity index (χ1) is 9.86. The molecule has 1 aliphatic carbocycles. The van der Waals surface area contributed by atoms with Crippen molar-refractivity contribution in [1.29, 1.82) is 0 Å². The summed E-state index contributed by atoms with van der Waals surface area (Å²) in [7, 11) is -3.28. The number of hydrogen-bond acceptors (Lipinski definition) is 3. The van der Waals surface area contributed by atoms with Crippen LogP contribution in [0.25, 0.3) is 0 Å². The van der Waals surface area contributed by atoms with Crippen molar-refractivity contribution in [3.63, 3.8) is 0 Å². The fraction of sp³-hybridized carbons (Fsp3) is 0.647. The molecular formula is C17H27NO2S. The second-order valence-corrected chi connectivity index (χ2v) is 8.89. The molecule has 1 aromatic rings. The number of rotatable bonds is 4. The maximum Gasteiger partial charge on any atom is 0.181 e. The van der Waals surface area contributed by atoms with E-state index in [1.54, 1.807) is 12.1 Å². The lowest BCUT2D eigenvalue weighted by atomic mass is 9.82. The van der Waals surface area contributed by atoms with Crippen LogP contribution < -0.4 is 5.73 Å². The fourth-order valence-corrected chi connectivity index (χ4v) is 5.46. The van der Waals surface area contributed by atoms with Crippen molar-refractivity contribution in [2.24, 2.45) is 17.6 Å². The van der Waals surface area contributed by atoms with Gasteiger partial charge in [-0.3, -0.25) is 0 Å². The van der Waals surface area contributed by atoms with Crippen LogP contribution in [0.5, 0.6) is 0 Å². The van der Waals surface area contributed by atoms with Gasteiger partial charge < -0.3 is 5.73 Å². The maximum atomic E-state index is 12.9. The van der Waals surface area contributed by atoms with E-state index in [0.29, 0.717) is 23.3 Å². The first-order valence-electron chi connectivity index (χ1n) is 7.90. The minimum atomic E-state index is -3.28. The lowest BCUT2D eigenvalue weighted by Gasteiger charge is -2.33. The molecule has 0 heterocycles. The monoisotopic (exact) mass is 309 g/mol. The Hall–Kier alpha value is -0.870. The van der Waals surface area contributed by atoms with Crippen molar-refractivity contribution in [3.8, 4) is 0 Å². The second-order valence-electron chi connectivity index (χ2n) is 6.72. The minimum absolute atomic E-state index is 0.0935. The van der Waals surface area contributed by atoms with Gasteiger partial charge in [-0.2, -0.15) is 0 Å². The standard InChI is InChI=1S/C17H27NO2S/c1-12(2)14-6-8-16(9-7-14)21(19,20)17-10-13(3)4-5-15(17)11-18/h6-9,12-13,15,17H,4-5,10-11,18H2,1-3H3. The summed E-state index contributed by atoms with van der Waals surface area (Å²) in [6.45, 7) is 6.81. The van der Waals surface area contributed by atoms with Crippen LogP contribution in [0.3, 0.4) is 0 Å². The van der Waals surface area contributed by atoms with Crippen LogP contribution >= 0.6 is 0 Å². The number of hydrogen-bond donors (Lipinski definition) is 1. The van der Waals surface area contributed by atoms with Gasteiger partial charge in [0.15, 0.2) is 9.84 Å². The highest BCUT2D eigenvalue weighted by Gasteiger charge is 2.37. The molecule has 2 rings (SSSR count). The fourth-order valence-electron chi connectivity index (χ4n) is 3.26. The highest BCUT2D eigenvalue weighted by Crippen LogP contribution is 2.35. The zero-order valence-electron chi connectivity index (χ0n) is 13.2. The van der Waals surface area contributed by atoms with E-state index in [1.807, 2.05) is 12.1 Å². The molecule has 21 heavy (non-hydrogen) atoms. The Morgan fingerprint density at radius 2 is 1.81 bits per heavy atom. The van der Waals surface area contributed by atoms with Gasteiger partial charge in [0.1, 0.15) is 0 Å². The average molecular weight is 309 g/mol. The summed E-state index contributed by atoms with van der Waals surface area (Å²) in [6.07, 6.45) is 2.74. The van der Waals surface area contributed by atoms with E-state index in [0.717, 1.165) is 19.3 Å². The Morgan fingerprint density at radius 3 is 2.33 bits per heavy atom. The predicted molar refractivity (Wildman–Crippen MR) is 87.1 cm³/mol. The third-order valence-corrected chi connectivity index (χ3v) is 7.07. The van der Waals surface area contributed by atoms with Crippen LogP contribution in [-0.2, 0) is 9.84 Å². The van der Waals surface area contributed by atoms with Crippen LogP contribution in [0.1, 0.15) is 51.5 Å². The van der Waals surface area contributed by atoms with E-state index in [9.17, 15) is 8.42 Å². The van der Waals surface area contributed by atoms with E-state index in [2.05, 4.69) is 20.8 Å². The molecule has 3 atom stereocenters. The van der Waals surface area contributed by atoms with Gasteiger partial charge in [-0.1, -0.05) is 39.3 Å². The molecule has 4 heteroatoms. The van der Waals surface area contributed by atoms with Gasteiger partial charge in [-0.25, -0.2) is 8.42 Å². The lowest BCUT2D eigenvalue weighted by Crippen LogP contribution is -2.39. The van der Waals surface area contributed by atoms with Crippen LogP contribution in [-0.4, -0.2) is 20.2 Å². The summed E-state index contributed by atoms with van der Waals surface area (Å²) in [5, 5.41) is -0.323. The molecule has 1 fully saturated rings. The first kappa shape index (κ1) is 16.5. The van der Waals surface area contributed by atoms with Crippen LogP contribution in [0.15, 0.2) is 29.2 Å². The van der Waals surface area contributed by atoms with Gasteiger partial charge in [0, 0.05) is 0 Å². The Labute approximate surface area is 128 Å². The smallest absolute Gasteiger partial charge is 0.181 e. The van der Waals surface area contributed by atoms with Crippen molar-refractivity contribution in [3.05, 3.63) is 29.8 Å². The highest BCUT2D eigenvalue weighted by molar-refractivity contribution is 7.92. The van der Waals surface area contributed by atoms with Crippen molar-refractivity contribution in [2.45, 2.75) is 56.1 Å². The van der Waals surface area contributed by atoms with Gasteiger partial charge in [0.05, 0.1) is 10.1 Å². The van der Waals surface area contributed by atoms with Crippen LogP contribution in [0.2, 0.25) is 0 Å². The molecule has 0 radical (unpaired) electrons. The molecule has 0 spiro atoms. The second kappa shape index (κ2) is 6.49. The van der Waals surface area contributed by atoms with Gasteiger partial charge in [-0.05, 0) is 54.8 Å². The van der Waals surface area contributed by atoms with E-state index >= 15 is 0 Å². The largest absolute Gasteiger partial charge is 0.330 e. The molecule has 3 nitrogen and oxygen atoms in total. The summed E-state index contributed by atoms with van der Waals surface area (Å²) in [5.74, 6) is 0.965. The molecule has 2 N–H and O–H groups in total. The van der Waals surface area contributed by atoms with Gasteiger partial charge in [-0.15, -0.1) is 0 Å². The minimum Gasteiger partial charge on any atom is -0.330 e. The van der Waals surface area contributed by atoms with Crippen molar-refractivity contribution in [1.82, 2.24) is 0 Å². The van der Waals surface area contributed by atoms with Crippen molar-refractivity contribution >= 4 is 9.84 Å². The lowest BCUT2D eigenvalue weighted by molar-refractivity contribution is 0.296. The number of nitrogens with two attached hydrogens (primary N) is 1. The first-order valence-corrected chi connectivity index (χ1v) is 9.44. The Kier molecular flexibility index (Phi) is 5.10. The van der Waals surface area contributed by atoms with E-state index in [1.165, 1.54) is 5.56 Å². The molecule has 1 aromatic carbocycles. The van der Waals surface area contributed by atoms with Crippen LogP contribution in [0, 0.1) is 11.8 Å². The van der Waals surface area contributed by atoms with E-state index in [4.69, 9.17) is 5.73 Å². The topological polar surface area (TPSA) is 60.2 Å². The van der Waals surface area contributed by atoms with E-state index < -0.39 is 9.84 Å². The van der Waals surface area contributed by atoms with Crippen molar-refractivity contribution < 1.29 is 8.42 Å². The summed E-state index contributed by atoms with van der Waals surface area (Å²) < 4.78 is 25.9. The molecule has 0 bridgehead atoms. The van der Waals surface area contributed by atoms with Gasteiger partial charge >= 0.3 is 0 Å². The summed E-state index contributed by atoms with van der Waals surface area (Å²) in [5.41, 5.74) is 6.98. The van der Waals surface area contributed by atoms with Gasteiger partial charge in [0.2, 0.25) is 0 Å². The molecule has 0 aliphatic heterocycles. The summed E-state index contributed by atoms with van der Waals surface area (Å²) in [6, 6.07) is 7.39. The molecule has 3 unspecified atom stereocenters. The molecular weight excluding hydrogens is 282 g/mol. The third-order valence-electron chi connectivity index (χ3n) is 4.77. The summed E-state index contributed by atoms with van der Waals surface area (Å²) in [4.78, 5) is 0.449. The zero-order valence-corrected chi connectivity index (χ0v) is 14.1. The SMILES string of the molecule is CC1CCC(CN)C(S(=O)(=O)c2ccc(C(C)C)cc2)C1. The number of sulfone groups is 1. The average Bonchev–Trinajstić information content (AvgIpc) is 2.47. The predicted octanol–water partition coefficient (Wildman–Crippen LogP) is 3.35.